The summed E-state index contributed by atoms with van der Waals surface area (Å²) in [5.74, 6) is -0.481. The van der Waals surface area contributed by atoms with Gasteiger partial charge < -0.3 is 10.6 Å². The molecule has 0 aromatic heterocycles. The average molecular weight is 328 g/mol. The molecular weight excluding hydrogens is 300 g/mol. The van der Waals surface area contributed by atoms with E-state index in [-0.39, 0.29) is 18.2 Å². The van der Waals surface area contributed by atoms with E-state index < -0.39 is 0 Å². The number of carbonyl (C=O) groups is 2. The number of hydrogen-bond acceptors (Lipinski definition) is 2. The third kappa shape index (κ3) is 5.52. The SMILES string of the molecule is Cc1cc(C)c(NC(=O)CC(=O)NCCC2=CCCCC2)c(C)c1. The van der Waals surface area contributed by atoms with E-state index in [4.69, 9.17) is 0 Å². The fraction of sp³-hybridized carbons (Fsp3) is 0.500. The summed E-state index contributed by atoms with van der Waals surface area (Å²) < 4.78 is 0. The Kier molecular flexibility index (Phi) is 6.59. The monoisotopic (exact) mass is 328 g/mol. The second kappa shape index (κ2) is 8.67. The van der Waals surface area contributed by atoms with Gasteiger partial charge in [0.15, 0.2) is 0 Å². The Labute approximate surface area is 144 Å². The van der Waals surface area contributed by atoms with Crippen LogP contribution in [0.3, 0.4) is 0 Å². The highest BCUT2D eigenvalue weighted by atomic mass is 16.2. The molecule has 0 fully saturated rings. The first-order valence-electron chi connectivity index (χ1n) is 8.78. The van der Waals surface area contributed by atoms with Crippen LogP contribution in [0.1, 0.15) is 55.2 Å². The highest BCUT2D eigenvalue weighted by Crippen LogP contribution is 2.22. The molecule has 4 nitrogen and oxygen atoms in total. The number of nitrogens with one attached hydrogen (secondary N) is 2. The summed E-state index contributed by atoms with van der Waals surface area (Å²) in [7, 11) is 0. The van der Waals surface area contributed by atoms with E-state index in [0.29, 0.717) is 6.54 Å². The normalized spacial score (nSPS) is 14.0. The molecule has 1 aliphatic carbocycles. The second-order valence-corrected chi connectivity index (χ2v) is 6.71. The molecular formula is C20H28N2O2. The summed E-state index contributed by atoms with van der Waals surface area (Å²) in [5, 5.41) is 5.71. The molecule has 4 heteroatoms. The van der Waals surface area contributed by atoms with Crippen molar-refractivity contribution in [3.05, 3.63) is 40.5 Å². The largest absolute Gasteiger partial charge is 0.355 e. The molecule has 1 aromatic rings. The lowest BCUT2D eigenvalue weighted by Crippen LogP contribution is -2.29. The van der Waals surface area contributed by atoms with Crippen LogP contribution in [0.15, 0.2) is 23.8 Å². The summed E-state index contributed by atoms with van der Waals surface area (Å²) in [4.78, 5) is 24.0. The molecule has 24 heavy (non-hydrogen) atoms. The topological polar surface area (TPSA) is 58.2 Å². The third-order valence-electron chi connectivity index (χ3n) is 4.42. The van der Waals surface area contributed by atoms with Crippen LogP contribution >= 0.6 is 0 Å². The van der Waals surface area contributed by atoms with E-state index in [1.165, 1.54) is 18.4 Å². The molecule has 0 spiro atoms. The maximum Gasteiger partial charge on any atom is 0.233 e. The van der Waals surface area contributed by atoms with Crippen LogP contribution < -0.4 is 10.6 Å². The van der Waals surface area contributed by atoms with Crippen molar-refractivity contribution < 1.29 is 9.59 Å². The van der Waals surface area contributed by atoms with Crippen LogP contribution in [-0.4, -0.2) is 18.4 Å². The molecule has 0 heterocycles. The number of allylic oxidation sites excluding steroid dienone is 1. The summed E-state index contributed by atoms with van der Waals surface area (Å²) in [6.45, 7) is 6.57. The number of amides is 2. The van der Waals surface area contributed by atoms with Crippen LogP contribution in [0.25, 0.3) is 0 Å². The summed E-state index contributed by atoms with van der Waals surface area (Å²) in [6.07, 6.45) is 7.86. The van der Waals surface area contributed by atoms with Gasteiger partial charge in [-0.15, -0.1) is 0 Å². The highest BCUT2D eigenvalue weighted by molar-refractivity contribution is 6.04. The van der Waals surface area contributed by atoms with Crippen LogP contribution in [0.2, 0.25) is 0 Å². The minimum atomic E-state index is -0.264. The Morgan fingerprint density at radius 2 is 1.75 bits per heavy atom. The van der Waals surface area contributed by atoms with E-state index in [1.54, 1.807) is 0 Å². The number of carbonyl (C=O) groups excluding carboxylic acids is 2. The molecule has 1 aromatic carbocycles. The van der Waals surface area contributed by atoms with Crippen LogP contribution in [0, 0.1) is 20.8 Å². The average Bonchev–Trinajstić information content (AvgIpc) is 2.52. The molecule has 130 valence electrons. The van der Waals surface area contributed by atoms with Crippen molar-refractivity contribution in [3.8, 4) is 0 Å². The van der Waals surface area contributed by atoms with Crippen LogP contribution in [0.4, 0.5) is 5.69 Å². The molecule has 0 saturated carbocycles. The molecule has 2 amide bonds. The van der Waals surface area contributed by atoms with Gasteiger partial charge >= 0.3 is 0 Å². The Morgan fingerprint density at radius 3 is 2.38 bits per heavy atom. The Bertz CT molecular complexity index is 624. The van der Waals surface area contributed by atoms with E-state index in [9.17, 15) is 9.59 Å². The Balaban J connectivity index is 1.77. The van der Waals surface area contributed by atoms with Gasteiger partial charge in [-0.1, -0.05) is 29.3 Å². The first-order chi connectivity index (χ1) is 11.5. The van der Waals surface area contributed by atoms with E-state index >= 15 is 0 Å². The predicted octanol–water partition coefficient (Wildman–Crippen LogP) is 3.95. The second-order valence-electron chi connectivity index (χ2n) is 6.71. The number of benzene rings is 1. The van der Waals surface area contributed by atoms with Gasteiger partial charge in [-0.2, -0.15) is 0 Å². The smallest absolute Gasteiger partial charge is 0.233 e. The summed E-state index contributed by atoms with van der Waals surface area (Å²) >= 11 is 0. The number of anilines is 1. The number of hydrogen-bond donors (Lipinski definition) is 2. The minimum absolute atomic E-state index is 0.133. The van der Waals surface area contributed by atoms with Crippen molar-refractivity contribution in [1.82, 2.24) is 5.32 Å². The molecule has 0 bridgehead atoms. The first-order valence-corrected chi connectivity index (χ1v) is 8.78. The molecule has 0 unspecified atom stereocenters. The van der Waals surface area contributed by atoms with E-state index in [1.807, 2.05) is 32.9 Å². The third-order valence-corrected chi connectivity index (χ3v) is 4.42. The van der Waals surface area contributed by atoms with Crippen molar-refractivity contribution in [1.29, 1.82) is 0 Å². The van der Waals surface area contributed by atoms with E-state index in [2.05, 4.69) is 16.7 Å². The standard InChI is InChI=1S/C20H28N2O2/c1-14-11-15(2)20(16(3)12-14)22-19(24)13-18(23)21-10-9-17-7-5-4-6-8-17/h7,11-12H,4-6,8-10,13H2,1-3H3,(H,21,23)(H,22,24). The van der Waals surface area contributed by atoms with Gasteiger partial charge in [0, 0.05) is 12.2 Å². The quantitative estimate of drug-likeness (QED) is 0.614. The lowest BCUT2D eigenvalue weighted by Gasteiger charge is -2.14. The highest BCUT2D eigenvalue weighted by Gasteiger charge is 2.12. The zero-order chi connectivity index (χ0) is 17.5. The fourth-order valence-corrected chi connectivity index (χ4v) is 3.26. The van der Waals surface area contributed by atoms with Crippen LogP contribution in [-0.2, 0) is 9.59 Å². The Morgan fingerprint density at radius 1 is 1.04 bits per heavy atom. The van der Waals surface area contributed by atoms with Crippen molar-refractivity contribution in [3.63, 3.8) is 0 Å². The van der Waals surface area contributed by atoms with E-state index in [0.717, 1.165) is 41.6 Å². The maximum absolute atomic E-state index is 12.1. The minimum Gasteiger partial charge on any atom is -0.355 e. The van der Waals surface area contributed by atoms with Gasteiger partial charge in [-0.25, -0.2) is 0 Å². The molecule has 1 aliphatic rings. The van der Waals surface area contributed by atoms with Gasteiger partial charge in [-0.3, -0.25) is 9.59 Å². The van der Waals surface area contributed by atoms with Gasteiger partial charge in [-0.05, 0) is 64.0 Å². The molecule has 0 aliphatic heterocycles. The molecule has 2 N–H and O–H groups in total. The van der Waals surface area contributed by atoms with Crippen molar-refractivity contribution >= 4 is 17.5 Å². The van der Waals surface area contributed by atoms with Crippen molar-refractivity contribution in [2.24, 2.45) is 0 Å². The molecule has 2 rings (SSSR count). The predicted molar refractivity (Wildman–Crippen MR) is 98.1 cm³/mol. The van der Waals surface area contributed by atoms with Gasteiger partial charge in [0.2, 0.25) is 11.8 Å². The molecule has 0 saturated heterocycles. The zero-order valence-corrected chi connectivity index (χ0v) is 15.0. The lowest BCUT2D eigenvalue weighted by atomic mass is 9.97. The number of rotatable bonds is 6. The van der Waals surface area contributed by atoms with Gasteiger partial charge in [0.25, 0.3) is 0 Å². The summed E-state index contributed by atoms with van der Waals surface area (Å²) in [6, 6.07) is 4.06. The number of aryl methyl sites for hydroxylation is 3. The van der Waals surface area contributed by atoms with Gasteiger partial charge in [0.05, 0.1) is 0 Å². The zero-order valence-electron chi connectivity index (χ0n) is 15.0. The summed E-state index contributed by atoms with van der Waals surface area (Å²) in [5.41, 5.74) is 5.44. The van der Waals surface area contributed by atoms with Crippen LogP contribution in [0.5, 0.6) is 0 Å². The fourth-order valence-electron chi connectivity index (χ4n) is 3.26. The molecule has 0 radical (unpaired) electrons. The maximum atomic E-state index is 12.1. The first kappa shape index (κ1) is 18.2. The van der Waals surface area contributed by atoms with Gasteiger partial charge in [0.1, 0.15) is 6.42 Å². The van der Waals surface area contributed by atoms with Crippen molar-refractivity contribution in [2.45, 2.75) is 59.3 Å². The molecule has 0 atom stereocenters. The lowest BCUT2D eigenvalue weighted by molar-refractivity contribution is -0.126. The van der Waals surface area contributed by atoms with Crippen molar-refractivity contribution in [2.75, 3.05) is 11.9 Å². The Hall–Kier alpha value is -2.10.